The Labute approximate surface area is 337 Å². The Morgan fingerprint density at radius 2 is 0.776 bits per heavy atom. The molecule has 2 aromatic heterocycles. The normalized spacial score (nSPS) is 12.8. The lowest BCUT2D eigenvalue weighted by molar-refractivity contribution is 0.630. The molecule has 0 fully saturated rings. The number of benzene rings is 8. The first kappa shape index (κ1) is 33.9. The predicted octanol–water partition coefficient (Wildman–Crippen LogP) is 13.6. The van der Waals surface area contributed by atoms with Crippen LogP contribution in [0.15, 0.2) is 194 Å². The molecule has 0 amide bonds. The minimum absolute atomic E-state index is 0.0819. The third-order valence-corrected chi connectivity index (χ3v) is 11.8. The molecule has 0 bridgehead atoms. The van der Waals surface area contributed by atoms with Crippen molar-refractivity contribution in [2.75, 3.05) is 0 Å². The summed E-state index contributed by atoms with van der Waals surface area (Å²) in [5.74, 6) is 1.96. The van der Waals surface area contributed by atoms with Crippen molar-refractivity contribution in [1.29, 1.82) is 0 Å². The van der Waals surface area contributed by atoms with Gasteiger partial charge in [-0.3, -0.25) is 0 Å². The molecule has 3 heterocycles. The van der Waals surface area contributed by atoms with E-state index in [4.69, 9.17) is 15.0 Å². The van der Waals surface area contributed by atoms with E-state index in [9.17, 15) is 0 Å². The highest BCUT2D eigenvalue weighted by atomic mass is 15.0. The Hall–Kier alpha value is -7.43. The molecular weight excluding hydrogens is 705 g/mol. The van der Waals surface area contributed by atoms with Gasteiger partial charge in [-0.1, -0.05) is 178 Å². The monoisotopic (exact) mass is 742 g/mol. The lowest BCUT2D eigenvalue weighted by Gasteiger charge is -2.34. The summed E-state index contributed by atoms with van der Waals surface area (Å²) < 4.78 is 2.48. The molecule has 1 aliphatic heterocycles. The summed E-state index contributed by atoms with van der Waals surface area (Å²) in [5, 5.41) is 2.58. The van der Waals surface area contributed by atoms with E-state index in [0.717, 1.165) is 27.8 Å². The lowest BCUT2D eigenvalue weighted by Crippen LogP contribution is -2.26. The second-order valence-corrected chi connectivity index (χ2v) is 15.7. The number of hydrogen-bond donors (Lipinski definition) is 0. The van der Waals surface area contributed by atoms with Gasteiger partial charge >= 0.3 is 0 Å². The van der Waals surface area contributed by atoms with E-state index in [1.54, 1.807) is 0 Å². The fraction of sp³-hybridized carbons (Fsp3) is 0.0556. The third-order valence-electron chi connectivity index (χ3n) is 11.8. The summed E-state index contributed by atoms with van der Waals surface area (Å²) in [6.07, 6.45) is 0. The van der Waals surface area contributed by atoms with Crippen molar-refractivity contribution in [2.45, 2.75) is 19.3 Å². The molecule has 4 nitrogen and oxygen atoms in total. The first-order valence-electron chi connectivity index (χ1n) is 19.9. The number of fused-ring (bicyclic) bond motifs is 5. The van der Waals surface area contributed by atoms with Crippen molar-refractivity contribution < 1.29 is 0 Å². The zero-order valence-corrected chi connectivity index (χ0v) is 32.3. The Morgan fingerprint density at radius 1 is 0.345 bits per heavy atom. The molecule has 0 N–H and O–H groups in total. The second kappa shape index (κ2) is 13.4. The standard InChI is InChI=1S/C54H38N4/c1-54(2)46-23-9-10-25-49(46)58-48-31-30-43(34-45(48)44-22-13-24-47(54)50(44)58)42-21-12-20-41(33-42)40-19-11-18-39(32-40)35-26-28-38(29-27-35)53-56-51(36-14-5-3-6-15-36)55-52(57-53)37-16-7-4-8-17-37/h3-34H,1-2H3. The van der Waals surface area contributed by atoms with Crippen molar-refractivity contribution >= 4 is 21.8 Å². The topological polar surface area (TPSA) is 43.6 Å². The number of nitrogens with zero attached hydrogens (tertiary/aromatic N) is 4. The molecule has 0 saturated carbocycles. The molecule has 0 spiro atoms. The van der Waals surface area contributed by atoms with E-state index < -0.39 is 0 Å². The quantitative estimate of drug-likeness (QED) is 0.170. The summed E-state index contributed by atoms with van der Waals surface area (Å²) in [7, 11) is 0. The molecule has 4 heteroatoms. The molecule has 0 aliphatic carbocycles. The van der Waals surface area contributed by atoms with Crippen LogP contribution in [0.5, 0.6) is 0 Å². The van der Waals surface area contributed by atoms with Crippen LogP contribution in [0.25, 0.3) is 95.0 Å². The first-order valence-corrected chi connectivity index (χ1v) is 19.9. The average Bonchev–Trinajstić information content (AvgIpc) is 3.63. The fourth-order valence-corrected chi connectivity index (χ4v) is 8.85. The van der Waals surface area contributed by atoms with E-state index in [0.29, 0.717) is 17.5 Å². The van der Waals surface area contributed by atoms with Crippen molar-refractivity contribution in [3.63, 3.8) is 0 Å². The van der Waals surface area contributed by atoms with Gasteiger partial charge in [0, 0.05) is 32.9 Å². The van der Waals surface area contributed by atoms with E-state index in [1.807, 2.05) is 60.7 Å². The maximum absolute atomic E-state index is 4.92. The maximum atomic E-state index is 4.92. The average molecular weight is 743 g/mol. The smallest absolute Gasteiger partial charge is 0.164 e. The van der Waals surface area contributed by atoms with Gasteiger partial charge in [0.15, 0.2) is 17.5 Å². The van der Waals surface area contributed by atoms with Crippen molar-refractivity contribution in [3.05, 3.63) is 205 Å². The van der Waals surface area contributed by atoms with E-state index in [1.165, 1.54) is 60.9 Å². The van der Waals surface area contributed by atoms with Gasteiger partial charge in [0.1, 0.15) is 0 Å². The molecule has 11 rings (SSSR count). The Morgan fingerprint density at radius 3 is 1.38 bits per heavy atom. The second-order valence-electron chi connectivity index (χ2n) is 15.7. The number of rotatable bonds is 6. The molecule has 0 atom stereocenters. The molecule has 0 unspecified atom stereocenters. The molecule has 10 aromatic rings. The van der Waals surface area contributed by atoms with Gasteiger partial charge in [-0.05, 0) is 74.8 Å². The SMILES string of the molecule is CC1(C)c2ccccc2-n2c3ccc(-c4cccc(-c5cccc(-c6ccc(-c7nc(-c8ccccc8)nc(-c8ccccc8)n7)cc6)c5)c4)cc3c3cccc1c32. The lowest BCUT2D eigenvalue weighted by atomic mass is 9.75. The van der Waals surface area contributed by atoms with Gasteiger partial charge in [-0.25, -0.2) is 15.0 Å². The van der Waals surface area contributed by atoms with Crippen LogP contribution in [0.1, 0.15) is 25.0 Å². The minimum atomic E-state index is -0.0819. The molecular formula is C54H38N4. The van der Waals surface area contributed by atoms with Gasteiger partial charge in [-0.2, -0.15) is 0 Å². The maximum Gasteiger partial charge on any atom is 0.164 e. The molecule has 1 aliphatic rings. The highest BCUT2D eigenvalue weighted by Crippen LogP contribution is 2.48. The summed E-state index contributed by atoms with van der Waals surface area (Å²) in [6, 6.07) is 69.1. The highest BCUT2D eigenvalue weighted by Gasteiger charge is 2.34. The van der Waals surface area contributed by atoms with E-state index in [-0.39, 0.29) is 5.41 Å². The van der Waals surface area contributed by atoms with Crippen LogP contribution in [0, 0.1) is 0 Å². The fourth-order valence-electron chi connectivity index (χ4n) is 8.85. The molecule has 8 aromatic carbocycles. The van der Waals surface area contributed by atoms with Gasteiger partial charge in [0.2, 0.25) is 0 Å². The number of para-hydroxylation sites is 2. The Balaban J connectivity index is 0.928. The van der Waals surface area contributed by atoms with Gasteiger partial charge in [0.05, 0.1) is 16.7 Å². The van der Waals surface area contributed by atoms with Crippen LogP contribution in [-0.4, -0.2) is 19.5 Å². The van der Waals surface area contributed by atoms with Crippen LogP contribution in [-0.2, 0) is 5.41 Å². The predicted molar refractivity (Wildman–Crippen MR) is 239 cm³/mol. The Bertz CT molecular complexity index is 3120. The molecule has 274 valence electrons. The zero-order valence-electron chi connectivity index (χ0n) is 32.3. The van der Waals surface area contributed by atoms with Crippen LogP contribution >= 0.6 is 0 Å². The number of hydrogen-bond acceptors (Lipinski definition) is 3. The zero-order chi connectivity index (χ0) is 38.8. The minimum Gasteiger partial charge on any atom is -0.309 e. The molecule has 58 heavy (non-hydrogen) atoms. The van der Waals surface area contributed by atoms with Crippen LogP contribution in [0.3, 0.4) is 0 Å². The third kappa shape index (κ3) is 5.56. The first-order chi connectivity index (χ1) is 28.5. The van der Waals surface area contributed by atoms with Gasteiger partial charge in [0.25, 0.3) is 0 Å². The van der Waals surface area contributed by atoms with Gasteiger partial charge < -0.3 is 4.57 Å². The number of aromatic nitrogens is 4. The van der Waals surface area contributed by atoms with Crippen molar-refractivity contribution in [2.24, 2.45) is 0 Å². The van der Waals surface area contributed by atoms with Crippen molar-refractivity contribution in [3.8, 4) is 73.2 Å². The summed E-state index contributed by atoms with van der Waals surface area (Å²) in [6.45, 7) is 4.70. The van der Waals surface area contributed by atoms with Crippen LogP contribution < -0.4 is 0 Å². The van der Waals surface area contributed by atoms with Crippen LogP contribution in [0.2, 0.25) is 0 Å². The highest BCUT2D eigenvalue weighted by molar-refractivity contribution is 6.12. The largest absolute Gasteiger partial charge is 0.309 e. The van der Waals surface area contributed by atoms with E-state index >= 15 is 0 Å². The molecule has 0 saturated heterocycles. The van der Waals surface area contributed by atoms with Crippen molar-refractivity contribution in [1.82, 2.24) is 19.5 Å². The van der Waals surface area contributed by atoms with E-state index in [2.05, 4.69) is 152 Å². The summed E-state index contributed by atoms with van der Waals surface area (Å²) >= 11 is 0. The summed E-state index contributed by atoms with van der Waals surface area (Å²) in [4.78, 5) is 14.7. The Kier molecular flexibility index (Phi) is 7.80. The molecule has 0 radical (unpaired) electrons. The van der Waals surface area contributed by atoms with Crippen LogP contribution in [0.4, 0.5) is 0 Å². The summed E-state index contributed by atoms with van der Waals surface area (Å²) in [5.41, 5.74) is 16.4. The van der Waals surface area contributed by atoms with Gasteiger partial charge in [-0.15, -0.1) is 0 Å².